The number of rotatable bonds is 1. The summed E-state index contributed by atoms with van der Waals surface area (Å²) in [6.45, 7) is 5.60. The molecule has 0 aliphatic heterocycles. The minimum atomic E-state index is -0.211. The van der Waals surface area contributed by atoms with E-state index in [9.17, 15) is 4.79 Å². The predicted molar refractivity (Wildman–Crippen MR) is 24.0 cm³/mol. The van der Waals surface area contributed by atoms with Gasteiger partial charge in [-0.2, -0.15) is 0 Å². The Morgan fingerprint density at radius 3 is 2.29 bits per heavy atom. The SMILES string of the molecule is [CH2-]C(=O)NCC.[Na+]. The molecule has 0 fully saturated rings. The van der Waals surface area contributed by atoms with E-state index in [1.807, 2.05) is 6.92 Å². The van der Waals surface area contributed by atoms with Gasteiger partial charge < -0.3 is 17.0 Å². The molecule has 1 N–H and O–H groups in total. The molecule has 0 saturated carbocycles. The van der Waals surface area contributed by atoms with Crippen LogP contribution in [0, 0.1) is 6.92 Å². The van der Waals surface area contributed by atoms with Gasteiger partial charge in [-0.3, -0.25) is 0 Å². The molecule has 1 amide bonds. The predicted octanol–water partition coefficient (Wildman–Crippen LogP) is -3.04. The van der Waals surface area contributed by atoms with E-state index in [2.05, 4.69) is 12.2 Å². The first-order valence-electron chi connectivity index (χ1n) is 1.87. The van der Waals surface area contributed by atoms with E-state index in [0.717, 1.165) is 0 Å². The van der Waals surface area contributed by atoms with Crippen LogP contribution in [0.3, 0.4) is 0 Å². The van der Waals surface area contributed by atoms with Crippen LogP contribution in [0.15, 0.2) is 0 Å². The Labute approximate surface area is 66.0 Å². The topological polar surface area (TPSA) is 29.1 Å². The Kier molecular flexibility index (Phi) is 9.37. The van der Waals surface area contributed by atoms with Crippen molar-refractivity contribution in [2.24, 2.45) is 0 Å². The number of amides is 1. The molecule has 36 valence electrons. The summed E-state index contributed by atoms with van der Waals surface area (Å²) in [5.74, 6) is -0.211. The third-order valence-corrected chi connectivity index (χ3v) is 0.374. The van der Waals surface area contributed by atoms with Crippen LogP contribution in [0.4, 0.5) is 0 Å². The molecule has 0 aromatic rings. The fourth-order valence-corrected chi connectivity index (χ4v) is 0.197. The second-order valence-electron chi connectivity index (χ2n) is 0.954. The zero-order valence-electron chi connectivity index (χ0n) is 4.82. The van der Waals surface area contributed by atoms with Gasteiger partial charge in [-0.15, -0.1) is 0 Å². The third-order valence-electron chi connectivity index (χ3n) is 0.374. The summed E-state index contributed by atoms with van der Waals surface area (Å²) in [6, 6.07) is 0. The second-order valence-corrected chi connectivity index (χ2v) is 0.954. The molecule has 2 nitrogen and oxygen atoms in total. The van der Waals surface area contributed by atoms with Gasteiger partial charge in [-0.05, 0) is 6.92 Å². The molecule has 7 heavy (non-hydrogen) atoms. The van der Waals surface area contributed by atoms with E-state index in [-0.39, 0.29) is 35.5 Å². The van der Waals surface area contributed by atoms with Crippen molar-refractivity contribution in [1.29, 1.82) is 0 Å². The summed E-state index contributed by atoms with van der Waals surface area (Å²) in [6.07, 6.45) is 0. The average Bonchev–Trinajstić information content (AvgIpc) is 1.35. The van der Waals surface area contributed by atoms with Gasteiger partial charge in [-0.25, -0.2) is 0 Å². The molecule has 0 unspecified atom stereocenters. The Morgan fingerprint density at radius 2 is 2.29 bits per heavy atom. The minimum Gasteiger partial charge on any atom is -0.381 e. The van der Waals surface area contributed by atoms with Crippen molar-refractivity contribution in [2.45, 2.75) is 6.92 Å². The van der Waals surface area contributed by atoms with Crippen LogP contribution in [0.1, 0.15) is 6.92 Å². The van der Waals surface area contributed by atoms with Crippen LogP contribution in [-0.2, 0) is 4.79 Å². The Morgan fingerprint density at radius 1 is 1.86 bits per heavy atom. The third kappa shape index (κ3) is 10.7. The molecule has 0 spiro atoms. The van der Waals surface area contributed by atoms with Crippen molar-refractivity contribution in [1.82, 2.24) is 5.32 Å². The van der Waals surface area contributed by atoms with Gasteiger partial charge >= 0.3 is 29.6 Å². The van der Waals surface area contributed by atoms with E-state index >= 15 is 0 Å². The maximum atomic E-state index is 9.82. The average molecular weight is 109 g/mol. The molecule has 0 radical (unpaired) electrons. The summed E-state index contributed by atoms with van der Waals surface area (Å²) >= 11 is 0. The van der Waals surface area contributed by atoms with Crippen LogP contribution in [0.2, 0.25) is 0 Å². The van der Waals surface area contributed by atoms with Crippen LogP contribution in [-0.4, -0.2) is 12.5 Å². The normalized spacial score (nSPS) is 6.43. The van der Waals surface area contributed by atoms with Crippen LogP contribution < -0.4 is 34.9 Å². The summed E-state index contributed by atoms with van der Waals surface area (Å²) in [5.41, 5.74) is 0. The maximum Gasteiger partial charge on any atom is 1.00 e. The zero-order chi connectivity index (χ0) is 4.99. The first kappa shape index (κ1) is 10.3. The molecule has 0 aliphatic carbocycles. The van der Waals surface area contributed by atoms with E-state index in [1.54, 1.807) is 0 Å². The monoisotopic (exact) mass is 109 g/mol. The smallest absolute Gasteiger partial charge is 0.381 e. The summed E-state index contributed by atoms with van der Waals surface area (Å²) in [7, 11) is 0. The fraction of sp³-hybridized carbons (Fsp3) is 0.500. The van der Waals surface area contributed by atoms with Crippen LogP contribution in [0.25, 0.3) is 0 Å². The molecule has 0 aromatic carbocycles. The molecule has 0 aliphatic rings. The molecule has 0 atom stereocenters. The largest absolute Gasteiger partial charge is 1.00 e. The number of carbonyl (C=O) groups excluding carboxylic acids is 1. The van der Waals surface area contributed by atoms with Crippen molar-refractivity contribution < 1.29 is 34.4 Å². The van der Waals surface area contributed by atoms with E-state index < -0.39 is 0 Å². The van der Waals surface area contributed by atoms with Crippen molar-refractivity contribution in [2.75, 3.05) is 6.54 Å². The number of carbonyl (C=O) groups is 1. The molecule has 0 saturated heterocycles. The minimum absolute atomic E-state index is 0. The molecule has 0 bridgehead atoms. The molecule has 0 rings (SSSR count). The van der Waals surface area contributed by atoms with Gasteiger partial charge in [0.05, 0.1) is 5.91 Å². The van der Waals surface area contributed by atoms with Crippen LogP contribution >= 0.6 is 0 Å². The summed E-state index contributed by atoms with van der Waals surface area (Å²) < 4.78 is 0. The number of hydrogen-bond donors (Lipinski definition) is 1. The van der Waals surface area contributed by atoms with Crippen LogP contribution in [0.5, 0.6) is 0 Å². The zero-order valence-corrected chi connectivity index (χ0v) is 6.82. The molecular weight excluding hydrogens is 101 g/mol. The van der Waals surface area contributed by atoms with Crippen molar-refractivity contribution >= 4 is 5.91 Å². The number of hydrogen-bond acceptors (Lipinski definition) is 1. The van der Waals surface area contributed by atoms with Gasteiger partial charge in [0.25, 0.3) is 0 Å². The van der Waals surface area contributed by atoms with Gasteiger partial charge in [0.1, 0.15) is 0 Å². The van der Waals surface area contributed by atoms with Crippen molar-refractivity contribution in [3.05, 3.63) is 6.92 Å². The standard InChI is InChI=1S/C4H8NO.Na/c1-3-5-4(2)6;/h2-3H2,1H3,(H,5,6);/q-1;+1. The van der Waals surface area contributed by atoms with Gasteiger partial charge in [-0.1, -0.05) is 0 Å². The Balaban J connectivity index is 0. The second kappa shape index (κ2) is 6.34. The van der Waals surface area contributed by atoms with Gasteiger partial charge in [0.15, 0.2) is 0 Å². The van der Waals surface area contributed by atoms with Crippen molar-refractivity contribution in [3.63, 3.8) is 0 Å². The molecule has 3 heteroatoms. The van der Waals surface area contributed by atoms with Gasteiger partial charge in [0.2, 0.25) is 0 Å². The van der Waals surface area contributed by atoms with E-state index in [0.29, 0.717) is 6.54 Å². The first-order valence-corrected chi connectivity index (χ1v) is 1.87. The first-order chi connectivity index (χ1) is 2.77. The summed E-state index contributed by atoms with van der Waals surface area (Å²) in [4.78, 5) is 9.82. The number of nitrogens with one attached hydrogen (secondary N) is 1. The molecule has 0 aromatic heterocycles. The maximum absolute atomic E-state index is 9.82. The Bertz CT molecular complexity index is 55.7. The van der Waals surface area contributed by atoms with Gasteiger partial charge in [0, 0.05) is 6.54 Å². The van der Waals surface area contributed by atoms with Crippen molar-refractivity contribution in [3.8, 4) is 0 Å². The molecule has 0 heterocycles. The van der Waals surface area contributed by atoms with E-state index in [1.165, 1.54) is 0 Å². The molecular formula is C4H8NNaO. The Hall–Kier alpha value is 0.340. The quantitative estimate of drug-likeness (QED) is 0.281. The summed E-state index contributed by atoms with van der Waals surface area (Å²) in [5, 5.41) is 2.46. The van der Waals surface area contributed by atoms with E-state index in [4.69, 9.17) is 0 Å². The fourth-order valence-electron chi connectivity index (χ4n) is 0.197.